The second kappa shape index (κ2) is 8.02. The quantitative estimate of drug-likeness (QED) is 0.746. The van der Waals surface area contributed by atoms with Crippen molar-refractivity contribution < 1.29 is 32.6 Å². The van der Waals surface area contributed by atoms with E-state index in [9.17, 15) is 18.0 Å². The van der Waals surface area contributed by atoms with E-state index in [0.29, 0.717) is 13.2 Å². The van der Waals surface area contributed by atoms with Gasteiger partial charge in [-0.25, -0.2) is 13.2 Å². The number of carbonyl (C=O) groups excluding carboxylic acids is 1. The molecule has 9 nitrogen and oxygen atoms in total. The predicted molar refractivity (Wildman–Crippen MR) is 91.8 cm³/mol. The maximum absolute atomic E-state index is 12.8. The minimum atomic E-state index is -3.79. The summed E-state index contributed by atoms with van der Waals surface area (Å²) in [6.07, 6.45) is 0. The van der Waals surface area contributed by atoms with Crippen molar-refractivity contribution in [1.82, 2.24) is 9.21 Å². The molecular weight excluding hydrogens is 364 g/mol. The molecule has 1 N–H and O–H groups in total. The van der Waals surface area contributed by atoms with Gasteiger partial charge in [-0.15, -0.1) is 0 Å². The van der Waals surface area contributed by atoms with Gasteiger partial charge < -0.3 is 19.5 Å². The lowest BCUT2D eigenvalue weighted by molar-refractivity contribution is -0.141. The Bertz CT molecular complexity index is 788. The molecule has 1 aliphatic heterocycles. The highest BCUT2D eigenvalue weighted by molar-refractivity contribution is 7.89. The maximum Gasteiger partial charge on any atom is 0.326 e. The Hall–Kier alpha value is -2.17. The van der Waals surface area contributed by atoms with Gasteiger partial charge in [0.2, 0.25) is 10.0 Å². The number of morpholine rings is 1. The maximum atomic E-state index is 12.8. The van der Waals surface area contributed by atoms with E-state index in [0.717, 1.165) is 4.90 Å². The van der Waals surface area contributed by atoms with Crippen molar-refractivity contribution in [2.45, 2.75) is 17.9 Å². The Labute approximate surface area is 152 Å². The van der Waals surface area contributed by atoms with Crippen molar-refractivity contribution in [2.24, 2.45) is 0 Å². The van der Waals surface area contributed by atoms with E-state index < -0.39 is 27.9 Å². The topological polar surface area (TPSA) is 113 Å². The van der Waals surface area contributed by atoms with Crippen molar-refractivity contribution in [2.75, 3.05) is 40.5 Å². The van der Waals surface area contributed by atoms with Crippen LogP contribution in [-0.2, 0) is 19.6 Å². The van der Waals surface area contributed by atoms with Crippen LogP contribution in [0.4, 0.5) is 0 Å². The lowest BCUT2D eigenvalue weighted by atomic mass is 10.1. The summed E-state index contributed by atoms with van der Waals surface area (Å²) in [6, 6.07) is 2.89. The molecular formula is C16H22N2O7S. The Morgan fingerprint density at radius 1 is 1.31 bits per heavy atom. The summed E-state index contributed by atoms with van der Waals surface area (Å²) < 4.78 is 37.2. The van der Waals surface area contributed by atoms with Crippen molar-refractivity contribution in [3.8, 4) is 5.75 Å². The second-order valence-corrected chi connectivity index (χ2v) is 7.75. The normalized spacial score (nSPS) is 16.7. The molecule has 0 bridgehead atoms. The fourth-order valence-corrected chi connectivity index (χ4v) is 3.92. The van der Waals surface area contributed by atoms with Crippen LogP contribution in [0.3, 0.4) is 0 Å². The monoisotopic (exact) mass is 386 g/mol. The van der Waals surface area contributed by atoms with Gasteiger partial charge in [-0.3, -0.25) is 4.79 Å². The van der Waals surface area contributed by atoms with Crippen molar-refractivity contribution in [3.63, 3.8) is 0 Å². The Morgan fingerprint density at radius 2 is 1.92 bits per heavy atom. The van der Waals surface area contributed by atoms with E-state index in [1.54, 1.807) is 0 Å². The van der Waals surface area contributed by atoms with Crippen LogP contribution in [0.1, 0.15) is 17.3 Å². The first kappa shape index (κ1) is 20.1. The molecule has 0 spiro atoms. The van der Waals surface area contributed by atoms with Gasteiger partial charge in [-0.1, -0.05) is 0 Å². The molecule has 10 heteroatoms. The second-order valence-electron chi connectivity index (χ2n) is 5.81. The van der Waals surface area contributed by atoms with E-state index >= 15 is 0 Å². The van der Waals surface area contributed by atoms with Gasteiger partial charge in [0.25, 0.3) is 5.91 Å². The zero-order chi connectivity index (χ0) is 19.5. The zero-order valence-electron chi connectivity index (χ0n) is 14.8. The molecule has 0 aromatic heterocycles. The van der Waals surface area contributed by atoms with Crippen LogP contribution in [0.2, 0.25) is 0 Å². The molecule has 1 heterocycles. The SMILES string of the molecule is COc1ccc(S(=O)(=O)N2CCOCC2)cc1C(=O)N(C)C(C)C(=O)O. The predicted octanol–water partition coefficient (Wildman–Crippen LogP) is 0.261. The summed E-state index contributed by atoms with van der Waals surface area (Å²) in [5.41, 5.74) is -0.0163. The largest absolute Gasteiger partial charge is 0.496 e. The third-order valence-corrected chi connectivity index (χ3v) is 6.16. The summed E-state index contributed by atoms with van der Waals surface area (Å²) in [4.78, 5) is 24.8. The number of likely N-dealkylation sites (N-methyl/N-ethyl adjacent to an activating group) is 1. The molecule has 1 aliphatic rings. The van der Waals surface area contributed by atoms with E-state index in [1.807, 2.05) is 0 Å². The van der Waals surface area contributed by atoms with Gasteiger partial charge in [0.15, 0.2) is 0 Å². The van der Waals surface area contributed by atoms with Crippen LogP contribution in [0.15, 0.2) is 23.1 Å². The van der Waals surface area contributed by atoms with Gasteiger partial charge in [-0.05, 0) is 25.1 Å². The molecule has 1 fully saturated rings. The number of aliphatic carboxylic acids is 1. The highest BCUT2D eigenvalue weighted by Crippen LogP contribution is 2.26. The van der Waals surface area contributed by atoms with Gasteiger partial charge in [0.1, 0.15) is 11.8 Å². The fraction of sp³-hybridized carbons (Fsp3) is 0.500. The number of carbonyl (C=O) groups is 2. The number of benzene rings is 1. The first-order chi connectivity index (χ1) is 12.2. The number of carboxylic acid groups (broad SMARTS) is 1. The lowest BCUT2D eigenvalue weighted by Crippen LogP contribution is -2.41. The van der Waals surface area contributed by atoms with E-state index in [1.165, 1.54) is 43.6 Å². The van der Waals surface area contributed by atoms with Crippen LogP contribution in [-0.4, -0.2) is 81.1 Å². The average molecular weight is 386 g/mol. The molecule has 2 rings (SSSR count). The summed E-state index contributed by atoms with van der Waals surface area (Å²) in [6.45, 7) is 2.43. The molecule has 1 aromatic carbocycles. The Kier molecular flexibility index (Phi) is 6.21. The number of rotatable bonds is 6. The van der Waals surface area contributed by atoms with Crippen LogP contribution < -0.4 is 4.74 Å². The van der Waals surface area contributed by atoms with Gasteiger partial charge >= 0.3 is 5.97 Å². The van der Waals surface area contributed by atoms with Crippen LogP contribution >= 0.6 is 0 Å². The molecule has 26 heavy (non-hydrogen) atoms. The Morgan fingerprint density at radius 3 is 2.46 bits per heavy atom. The van der Waals surface area contributed by atoms with E-state index in [4.69, 9.17) is 14.6 Å². The summed E-state index contributed by atoms with van der Waals surface area (Å²) in [5, 5.41) is 9.09. The number of nitrogens with zero attached hydrogens (tertiary/aromatic N) is 2. The molecule has 1 aromatic rings. The van der Waals surface area contributed by atoms with Crippen molar-refractivity contribution in [1.29, 1.82) is 0 Å². The summed E-state index contributed by atoms with van der Waals surface area (Å²) in [7, 11) is -1.11. The summed E-state index contributed by atoms with van der Waals surface area (Å²) in [5.74, 6) is -1.65. The van der Waals surface area contributed by atoms with Gasteiger partial charge in [0, 0.05) is 20.1 Å². The number of sulfonamides is 1. The van der Waals surface area contributed by atoms with Crippen molar-refractivity contribution in [3.05, 3.63) is 23.8 Å². The highest BCUT2D eigenvalue weighted by Gasteiger charge is 2.30. The van der Waals surface area contributed by atoms with Crippen LogP contribution in [0.25, 0.3) is 0 Å². The zero-order valence-corrected chi connectivity index (χ0v) is 15.7. The standard InChI is InChI=1S/C16H22N2O7S/c1-11(16(20)21)17(2)15(19)13-10-12(4-5-14(13)24-3)26(22,23)18-6-8-25-9-7-18/h4-5,10-11H,6-9H2,1-3H3,(H,20,21). The number of ether oxygens (including phenoxy) is 2. The first-order valence-electron chi connectivity index (χ1n) is 7.96. The number of hydrogen-bond donors (Lipinski definition) is 1. The van der Waals surface area contributed by atoms with Crippen molar-refractivity contribution >= 4 is 21.9 Å². The number of hydrogen-bond acceptors (Lipinski definition) is 6. The highest BCUT2D eigenvalue weighted by atomic mass is 32.2. The molecule has 0 aliphatic carbocycles. The molecule has 1 amide bonds. The smallest absolute Gasteiger partial charge is 0.326 e. The third kappa shape index (κ3) is 3.97. The molecule has 144 valence electrons. The van der Waals surface area contributed by atoms with Crippen LogP contribution in [0, 0.1) is 0 Å². The fourth-order valence-electron chi connectivity index (χ4n) is 2.48. The lowest BCUT2D eigenvalue weighted by Gasteiger charge is -2.27. The van der Waals surface area contributed by atoms with Gasteiger partial charge in [-0.2, -0.15) is 4.31 Å². The number of methoxy groups -OCH3 is 1. The van der Waals surface area contributed by atoms with E-state index in [-0.39, 0.29) is 29.3 Å². The minimum absolute atomic E-state index is 0.0163. The molecule has 1 unspecified atom stereocenters. The van der Waals surface area contributed by atoms with Crippen LogP contribution in [0.5, 0.6) is 5.75 Å². The minimum Gasteiger partial charge on any atom is -0.496 e. The molecule has 1 atom stereocenters. The Balaban J connectivity index is 2.42. The third-order valence-electron chi connectivity index (χ3n) is 4.27. The number of carboxylic acids is 1. The summed E-state index contributed by atoms with van der Waals surface area (Å²) >= 11 is 0. The number of amides is 1. The molecule has 0 radical (unpaired) electrons. The first-order valence-corrected chi connectivity index (χ1v) is 9.40. The average Bonchev–Trinajstić information content (AvgIpc) is 2.66. The van der Waals surface area contributed by atoms with E-state index in [2.05, 4.69) is 0 Å². The van der Waals surface area contributed by atoms with Gasteiger partial charge in [0.05, 0.1) is 30.8 Å². The molecule has 0 saturated carbocycles. The molecule has 1 saturated heterocycles.